The van der Waals surface area contributed by atoms with E-state index in [1.54, 1.807) is 0 Å². The van der Waals surface area contributed by atoms with Gasteiger partial charge in [-0.1, -0.05) is 33.1 Å². The van der Waals surface area contributed by atoms with Gasteiger partial charge in [0.1, 0.15) is 0 Å². The minimum atomic E-state index is 0.273. The fourth-order valence-corrected chi connectivity index (χ4v) is 5.08. The molecule has 3 heterocycles. The van der Waals surface area contributed by atoms with Gasteiger partial charge in [-0.25, -0.2) is 9.99 Å². The van der Waals surface area contributed by atoms with E-state index in [0.29, 0.717) is 23.9 Å². The topological polar surface area (TPSA) is 68.1 Å². The number of anilines is 1. The average molecular weight is 435 g/mol. The standard InChI is InChI=1S/C22H35ClN6O/c1-3-5-14-30-18(4-2)16-10-12-28(13-11-16)27-20-19-21(26-22(23)25-20)29(15-24-19)17-8-6-7-9-17/h15-18H,3-14H2,1-2H3,(H,25,26,27). The smallest absolute Gasteiger partial charge is 0.226 e. The van der Waals surface area contributed by atoms with Crippen molar-refractivity contribution in [3.05, 3.63) is 11.6 Å². The molecule has 1 N–H and O–H groups in total. The van der Waals surface area contributed by atoms with Gasteiger partial charge in [0.2, 0.25) is 5.28 Å². The molecule has 8 heteroatoms. The summed E-state index contributed by atoms with van der Waals surface area (Å²) in [7, 11) is 0. The number of hydrogen-bond donors (Lipinski definition) is 1. The highest BCUT2D eigenvalue weighted by atomic mass is 35.5. The summed E-state index contributed by atoms with van der Waals surface area (Å²) in [5.74, 6) is 1.34. The van der Waals surface area contributed by atoms with Crippen LogP contribution in [0.15, 0.2) is 6.33 Å². The Morgan fingerprint density at radius 2 is 1.93 bits per heavy atom. The van der Waals surface area contributed by atoms with Gasteiger partial charge in [0.05, 0.1) is 12.4 Å². The Hall–Kier alpha value is -1.44. The summed E-state index contributed by atoms with van der Waals surface area (Å²) in [5, 5.41) is 2.51. The summed E-state index contributed by atoms with van der Waals surface area (Å²) in [5.41, 5.74) is 5.13. The number of ether oxygens (including phenoxy) is 1. The van der Waals surface area contributed by atoms with Crippen LogP contribution in [0.25, 0.3) is 11.2 Å². The first-order valence-electron chi connectivity index (χ1n) is 11.7. The summed E-state index contributed by atoms with van der Waals surface area (Å²) in [6.45, 7) is 7.26. The molecule has 0 amide bonds. The lowest BCUT2D eigenvalue weighted by molar-refractivity contribution is -0.0103. The number of nitrogens with zero attached hydrogens (tertiary/aromatic N) is 5. The van der Waals surface area contributed by atoms with Gasteiger partial charge < -0.3 is 14.7 Å². The van der Waals surface area contributed by atoms with Gasteiger partial charge in [0.25, 0.3) is 0 Å². The van der Waals surface area contributed by atoms with E-state index >= 15 is 0 Å². The predicted octanol–water partition coefficient (Wildman–Crippen LogP) is 5.23. The molecular weight excluding hydrogens is 400 g/mol. The van der Waals surface area contributed by atoms with Crippen LogP contribution in [-0.2, 0) is 4.74 Å². The van der Waals surface area contributed by atoms with E-state index in [0.717, 1.165) is 56.5 Å². The Bertz CT molecular complexity index is 813. The summed E-state index contributed by atoms with van der Waals surface area (Å²) >= 11 is 6.28. The molecule has 7 nitrogen and oxygen atoms in total. The maximum atomic E-state index is 6.28. The molecule has 2 fully saturated rings. The van der Waals surface area contributed by atoms with Crippen molar-refractivity contribution >= 4 is 28.6 Å². The molecular formula is C22H35ClN6O. The highest BCUT2D eigenvalue weighted by molar-refractivity contribution is 6.28. The van der Waals surface area contributed by atoms with Crippen molar-refractivity contribution in [3.63, 3.8) is 0 Å². The van der Waals surface area contributed by atoms with Crippen molar-refractivity contribution in [1.29, 1.82) is 0 Å². The van der Waals surface area contributed by atoms with Crippen LogP contribution in [0.4, 0.5) is 5.82 Å². The Kier molecular flexibility index (Phi) is 7.44. The van der Waals surface area contributed by atoms with Crippen LogP contribution < -0.4 is 5.43 Å². The normalized spacial score (nSPS) is 20.2. The molecule has 0 radical (unpaired) electrons. The van der Waals surface area contributed by atoms with Crippen molar-refractivity contribution in [3.8, 4) is 0 Å². The molecule has 1 unspecified atom stereocenters. The van der Waals surface area contributed by atoms with Gasteiger partial charge in [0.15, 0.2) is 17.0 Å². The van der Waals surface area contributed by atoms with Gasteiger partial charge in [0, 0.05) is 25.7 Å². The first-order valence-corrected chi connectivity index (χ1v) is 12.1. The van der Waals surface area contributed by atoms with Crippen molar-refractivity contribution in [2.75, 3.05) is 25.1 Å². The number of halogens is 1. The number of hydrogen-bond acceptors (Lipinski definition) is 6. The average Bonchev–Trinajstić information content (AvgIpc) is 3.42. The van der Waals surface area contributed by atoms with E-state index in [1.807, 2.05) is 6.33 Å². The molecule has 1 aliphatic carbocycles. The van der Waals surface area contributed by atoms with Gasteiger partial charge >= 0.3 is 0 Å². The van der Waals surface area contributed by atoms with Crippen LogP contribution in [0.3, 0.4) is 0 Å². The molecule has 4 rings (SSSR count). The number of rotatable bonds is 9. The van der Waals surface area contributed by atoms with Crippen LogP contribution >= 0.6 is 11.6 Å². The highest BCUT2D eigenvalue weighted by Gasteiger charge is 2.27. The summed E-state index contributed by atoms with van der Waals surface area (Å²) in [6, 6.07) is 0.475. The SMILES string of the molecule is CCCCOC(CC)C1CCN(Nc2nc(Cl)nc3c2ncn3C2CCCC2)CC1. The second-order valence-corrected chi connectivity index (χ2v) is 9.05. The van der Waals surface area contributed by atoms with E-state index in [2.05, 4.69) is 43.8 Å². The molecule has 0 spiro atoms. The van der Waals surface area contributed by atoms with E-state index in [1.165, 1.54) is 32.1 Å². The van der Waals surface area contributed by atoms with E-state index in [-0.39, 0.29) is 5.28 Å². The summed E-state index contributed by atoms with van der Waals surface area (Å²) in [4.78, 5) is 13.6. The zero-order valence-electron chi connectivity index (χ0n) is 18.3. The molecule has 1 saturated carbocycles. The predicted molar refractivity (Wildman–Crippen MR) is 121 cm³/mol. The maximum Gasteiger partial charge on any atom is 0.226 e. The minimum Gasteiger partial charge on any atom is -0.378 e. The Morgan fingerprint density at radius 3 is 2.63 bits per heavy atom. The maximum absolute atomic E-state index is 6.28. The molecule has 2 aromatic heterocycles. The van der Waals surface area contributed by atoms with Crippen molar-refractivity contribution in [2.45, 2.75) is 83.8 Å². The quantitative estimate of drug-likeness (QED) is 0.430. The number of hydrazine groups is 1. The lowest BCUT2D eigenvalue weighted by atomic mass is 9.90. The zero-order valence-corrected chi connectivity index (χ0v) is 19.1. The monoisotopic (exact) mass is 434 g/mol. The second kappa shape index (κ2) is 10.2. The Balaban J connectivity index is 1.40. The summed E-state index contributed by atoms with van der Waals surface area (Å²) in [6.07, 6.45) is 12.8. The molecule has 166 valence electrons. The van der Waals surface area contributed by atoms with Crippen molar-refractivity contribution in [2.24, 2.45) is 5.92 Å². The van der Waals surface area contributed by atoms with Crippen LogP contribution in [0.5, 0.6) is 0 Å². The lowest BCUT2D eigenvalue weighted by Crippen LogP contribution is -2.41. The number of fused-ring (bicyclic) bond motifs is 1. The fraction of sp³-hybridized carbons (Fsp3) is 0.773. The number of aromatic nitrogens is 4. The molecule has 1 saturated heterocycles. The van der Waals surface area contributed by atoms with E-state index in [9.17, 15) is 0 Å². The summed E-state index contributed by atoms with van der Waals surface area (Å²) < 4.78 is 8.35. The zero-order chi connectivity index (χ0) is 20.9. The van der Waals surface area contributed by atoms with Crippen LogP contribution in [0, 0.1) is 5.92 Å². The third kappa shape index (κ3) is 4.89. The van der Waals surface area contributed by atoms with Gasteiger partial charge in [-0.15, -0.1) is 0 Å². The van der Waals surface area contributed by atoms with Gasteiger partial charge in [-0.2, -0.15) is 9.97 Å². The molecule has 2 aliphatic rings. The van der Waals surface area contributed by atoms with Crippen LogP contribution in [-0.4, -0.2) is 50.3 Å². The number of nitrogens with one attached hydrogen (secondary N) is 1. The first kappa shape index (κ1) is 21.8. The van der Waals surface area contributed by atoms with Crippen LogP contribution in [0.2, 0.25) is 5.28 Å². The fourth-order valence-electron chi connectivity index (χ4n) is 4.92. The third-order valence-corrected chi connectivity index (χ3v) is 6.84. The van der Waals surface area contributed by atoms with Gasteiger partial charge in [-0.3, -0.25) is 0 Å². The largest absolute Gasteiger partial charge is 0.378 e. The molecule has 1 aliphatic heterocycles. The Labute approximate surface area is 184 Å². The molecule has 1 atom stereocenters. The minimum absolute atomic E-state index is 0.273. The molecule has 30 heavy (non-hydrogen) atoms. The number of unbranched alkanes of at least 4 members (excludes halogenated alkanes) is 1. The molecule has 0 bridgehead atoms. The Morgan fingerprint density at radius 1 is 1.17 bits per heavy atom. The number of imidazole rings is 1. The second-order valence-electron chi connectivity index (χ2n) is 8.71. The first-order chi connectivity index (χ1) is 14.7. The lowest BCUT2D eigenvalue weighted by Gasteiger charge is -2.36. The third-order valence-electron chi connectivity index (χ3n) is 6.67. The van der Waals surface area contributed by atoms with Crippen molar-refractivity contribution in [1.82, 2.24) is 24.5 Å². The van der Waals surface area contributed by atoms with Crippen molar-refractivity contribution < 1.29 is 4.74 Å². The van der Waals surface area contributed by atoms with Crippen LogP contribution in [0.1, 0.15) is 77.7 Å². The molecule has 2 aromatic rings. The molecule has 0 aromatic carbocycles. The van der Waals surface area contributed by atoms with E-state index in [4.69, 9.17) is 16.3 Å². The van der Waals surface area contributed by atoms with Gasteiger partial charge in [-0.05, 0) is 56.0 Å². The highest BCUT2D eigenvalue weighted by Crippen LogP contribution is 2.33. The van der Waals surface area contributed by atoms with E-state index < -0.39 is 0 Å². The number of piperidine rings is 1.